The molecule has 1 heterocycles. The number of aliphatic hydroxyl groups excluding tert-OH is 1. The summed E-state index contributed by atoms with van der Waals surface area (Å²) in [7, 11) is 0. The van der Waals surface area contributed by atoms with E-state index in [0.717, 1.165) is 0 Å². The molecule has 2 unspecified atom stereocenters. The molecule has 0 aromatic heterocycles. The highest BCUT2D eigenvalue weighted by Crippen LogP contribution is 2.42. The molecule has 0 amide bonds. The van der Waals surface area contributed by atoms with Gasteiger partial charge in [-0.3, -0.25) is 0 Å². The van der Waals surface area contributed by atoms with Gasteiger partial charge in [-0.05, 0) is 6.07 Å². The van der Waals surface area contributed by atoms with Gasteiger partial charge < -0.3 is 14.9 Å². The van der Waals surface area contributed by atoms with Gasteiger partial charge in [-0.2, -0.15) is 0 Å². The first kappa shape index (κ1) is 7.73. The van der Waals surface area contributed by atoms with Crippen molar-refractivity contribution >= 4 is 0 Å². The molecule has 1 fully saturated rings. The SMILES string of the molecule is OCC1OC1(O)c1cc[c]cc1. The van der Waals surface area contributed by atoms with E-state index in [1.165, 1.54) is 0 Å². The summed E-state index contributed by atoms with van der Waals surface area (Å²) in [6.07, 6.45) is -0.472. The van der Waals surface area contributed by atoms with Gasteiger partial charge in [0, 0.05) is 5.56 Å². The topological polar surface area (TPSA) is 53.0 Å². The van der Waals surface area contributed by atoms with Crippen molar-refractivity contribution in [2.24, 2.45) is 0 Å². The van der Waals surface area contributed by atoms with Crippen molar-refractivity contribution in [3.05, 3.63) is 35.9 Å². The maximum atomic E-state index is 9.66. The second kappa shape index (κ2) is 2.55. The van der Waals surface area contributed by atoms with Gasteiger partial charge in [0.05, 0.1) is 6.61 Å². The highest BCUT2D eigenvalue weighted by Gasteiger charge is 2.56. The van der Waals surface area contributed by atoms with E-state index in [-0.39, 0.29) is 6.61 Å². The Morgan fingerprint density at radius 1 is 1.50 bits per heavy atom. The van der Waals surface area contributed by atoms with Gasteiger partial charge in [0.2, 0.25) is 5.79 Å². The summed E-state index contributed by atoms with van der Waals surface area (Å²) in [6.45, 7) is -0.158. The zero-order valence-corrected chi connectivity index (χ0v) is 6.40. The van der Waals surface area contributed by atoms with Crippen molar-refractivity contribution in [2.75, 3.05) is 6.61 Å². The minimum absolute atomic E-state index is 0.158. The van der Waals surface area contributed by atoms with Crippen LogP contribution >= 0.6 is 0 Å². The molecule has 1 aromatic rings. The number of epoxide rings is 1. The number of hydrogen-bond acceptors (Lipinski definition) is 3. The Balaban J connectivity index is 2.23. The first-order valence-corrected chi connectivity index (χ1v) is 3.75. The number of benzene rings is 1. The molecule has 2 atom stereocenters. The van der Waals surface area contributed by atoms with Gasteiger partial charge in [-0.25, -0.2) is 0 Å². The Morgan fingerprint density at radius 3 is 2.67 bits per heavy atom. The zero-order valence-electron chi connectivity index (χ0n) is 6.40. The molecule has 2 rings (SSSR count). The van der Waals surface area contributed by atoms with Gasteiger partial charge in [-0.1, -0.05) is 24.3 Å². The molecule has 0 bridgehead atoms. The predicted molar refractivity (Wildman–Crippen MR) is 41.1 cm³/mol. The van der Waals surface area contributed by atoms with E-state index in [1.54, 1.807) is 24.3 Å². The summed E-state index contributed by atoms with van der Waals surface area (Å²) in [5.74, 6) is -1.26. The summed E-state index contributed by atoms with van der Waals surface area (Å²) in [5.41, 5.74) is 0.667. The van der Waals surface area contributed by atoms with Crippen molar-refractivity contribution in [1.29, 1.82) is 0 Å². The monoisotopic (exact) mass is 165 g/mol. The van der Waals surface area contributed by atoms with Crippen LogP contribution in [0.1, 0.15) is 5.56 Å². The summed E-state index contributed by atoms with van der Waals surface area (Å²) in [6, 6.07) is 9.67. The molecular weight excluding hydrogens is 156 g/mol. The molecule has 1 aliphatic rings. The Morgan fingerprint density at radius 2 is 2.17 bits per heavy atom. The standard InChI is InChI=1S/C9H9O3/c10-6-8-9(11,12-8)7-4-2-1-3-5-7/h2-5,8,10-11H,6H2. The molecule has 1 saturated heterocycles. The molecule has 2 N–H and O–H groups in total. The van der Waals surface area contributed by atoms with Crippen molar-refractivity contribution in [3.8, 4) is 0 Å². The number of rotatable bonds is 2. The lowest BCUT2D eigenvalue weighted by atomic mass is 10.1. The van der Waals surface area contributed by atoms with Gasteiger partial charge >= 0.3 is 0 Å². The van der Waals surface area contributed by atoms with E-state index in [1.807, 2.05) is 0 Å². The first-order valence-electron chi connectivity index (χ1n) is 3.75. The molecular formula is C9H9O3. The fourth-order valence-electron chi connectivity index (χ4n) is 1.22. The second-order valence-electron chi connectivity index (χ2n) is 2.77. The third-order valence-corrected chi connectivity index (χ3v) is 2.00. The largest absolute Gasteiger partial charge is 0.393 e. The van der Waals surface area contributed by atoms with Gasteiger partial charge in [0.15, 0.2) is 0 Å². The van der Waals surface area contributed by atoms with Crippen LogP contribution < -0.4 is 0 Å². The summed E-state index contributed by atoms with van der Waals surface area (Å²) < 4.78 is 4.93. The third-order valence-electron chi connectivity index (χ3n) is 2.00. The Bertz CT molecular complexity index is 272. The average Bonchev–Trinajstić information content (AvgIpc) is 2.81. The lowest BCUT2D eigenvalue weighted by Gasteiger charge is -2.03. The van der Waals surface area contributed by atoms with E-state index < -0.39 is 11.9 Å². The average molecular weight is 165 g/mol. The minimum atomic E-state index is -1.26. The van der Waals surface area contributed by atoms with Crippen molar-refractivity contribution in [1.82, 2.24) is 0 Å². The maximum Gasteiger partial charge on any atom is 0.222 e. The summed E-state index contributed by atoms with van der Waals surface area (Å²) >= 11 is 0. The van der Waals surface area contributed by atoms with Crippen LogP contribution in [-0.4, -0.2) is 22.9 Å². The normalized spacial score (nSPS) is 33.3. The third kappa shape index (κ3) is 1.03. The van der Waals surface area contributed by atoms with Gasteiger partial charge in [0.1, 0.15) is 6.10 Å². The predicted octanol–water partition coefficient (Wildman–Crippen LogP) is 0.0230. The second-order valence-corrected chi connectivity index (χ2v) is 2.77. The van der Waals surface area contributed by atoms with E-state index in [2.05, 4.69) is 6.07 Å². The lowest BCUT2D eigenvalue weighted by molar-refractivity contribution is 0.0332. The smallest absolute Gasteiger partial charge is 0.222 e. The quantitative estimate of drug-likeness (QED) is 0.607. The lowest BCUT2D eigenvalue weighted by Crippen LogP contribution is -2.13. The number of aliphatic hydroxyl groups is 2. The van der Waals surface area contributed by atoms with Gasteiger partial charge in [-0.15, -0.1) is 0 Å². The van der Waals surface area contributed by atoms with Crippen LogP contribution in [0.2, 0.25) is 0 Å². The van der Waals surface area contributed by atoms with E-state index >= 15 is 0 Å². The number of hydrogen-bond donors (Lipinski definition) is 2. The van der Waals surface area contributed by atoms with Crippen LogP contribution in [0.25, 0.3) is 0 Å². The molecule has 1 aliphatic heterocycles. The zero-order chi connectivity index (χ0) is 8.60. The fourth-order valence-corrected chi connectivity index (χ4v) is 1.22. The molecule has 0 saturated carbocycles. The minimum Gasteiger partial charge on any atom is -0.393 e. The van der Waals surface area contributed by atoms with Crippen LogP contribution in [0, 0.1) is 6.07 Å². The van der Waals surface area contributed by atoms with Crippen molar-refractivity contribution < 1.29 is 14.9 Å². The molecule has 0 aliphatic carbocycles. The summed E-state index contributed by atoms with van der Waals surface area (Å²) in [5, 5.41) is 18.4. The van der Waals surface area contributed by atoms with Crippen molar-refractivity contribution in [3.63, 3.8) is 0 Å². The van der Waals surface area contributed by atoms with E-state index in [4.69, 9.17) is 9.84 Å². The number of ether oxygens (including phenoxy) is 1. The molecule has 63 valence electrons. The first-order chi connectivity index (χ1) is 5.77. The molecule has 0 spiro atoms. The highest BCUT2D eigenvalue weighted by atomic mass is 16.7. The van der Waals surface area contributed by atoms with Crippen LogP contribution in [0.5, 0.6) is 0 Å². The van der Waals surface area contributed by atoms with Crippen LogP contribution in [0.15, 0.2) is 24.3 Å². The Kier molecular flexibility index (Phi) is 1.65. The molecule has 1 aromatic carbocycles. The highest BCUT2D eigenvalue weighted by molar-refractivity contribution is 5.25. The molecule has 3 nitrogen and oxygen atoms in total. The molecule has 3 heteroatoms. The van der Waals surface area contributed by atoms with Crippen LogP contribution in [-0.2, 0) is 10.5 Å². The molecule has 12 heavy (non-hydrogen) atoms. The van der Waals surface area contributed by atoms with Crippen LogP contribution in [0.4, 0.5) is 0 Å². The molecule has 1 radical (unpaired) electrons. The Labute approximate surface area is 70.2 Å². The van der Waals surface area contributed by atoms with Crippen LogP contribution in [0.3, 0.4) is 0 Å². The van der Waals surface area contributed by atoms with Gasteiger partial charge in [0.25, 0.3) is 0 Å². The summed E-state index contributed by atoms with van der Waals surface area (Å²) in [4.78, 5) is 0. The Hall–Kier alpha value is -0.900. The van der Waals surface area contributed by atoms with Crippen molar-refractivity contribution in [2.45, 2.75) is 11.9 Å². The fraction of sp³-hybridized carbons (Fsp3) is 0.333. The maximum absolute atomic E-state index is 9.66. The van der Waals surface area contributed by atoms with E-state index in [0.29, 0.717) is 5.56 Å². The van der Waals surface area contributed by atoms with E-state index in [9.17, 15) is 5.11 Å².